The number of rotatable bonds is 3. The predicted octanol–water partition coefficient (Wildman–Crippen LogP) is 1.75. The van der Waals surface area contributed by atoms with E-state index in [1.807, 2.05) is 13.8 Å². The number of hydrogen-bond acceptors (Lipinski definition) is 5. The molecule has 0 atom stereocenters. The molecule has 0 aliphatic heterocycles. The van der Waals surface area contributed by atoms with Gasteiger partial charge in [-0.1, -0.05) is 11.6 Å². The lowest BCUT2D eigenvalue weighted by Crippen LogP contribution is -2.19. The minimum absolute atomic E-state index is 0.0315. The third-order valence-corrected chi connectivity index (χ3v) is 3.09. The number of halogens is 1. The van der Waals surface area contributed by atoms with E-state index < -0.39 is 0 Å². The number of nitrogens with one attached hydrogen (secondary N) is 1. The van der Waals surface area contributed by atoms with Gasteiger partial charge in [-0.25, -0.2) is 9.89 Å². The summed E-state index contributed by atoms with van der Waals surface area (Å²) in [5, 5.41) is 15.5. The fraction of sp³-hybridized carbons (Fsp3) is 0.333. The van der Waals surface area contributed by atoms with Crippen molar-refractivity contribution in [1.82, 2.24) is 25.0 Å². The fourth-order valence-corrected chi connectivity index (χ4v) is 2.26. The van der Waals surface area contributed by atoms with Gasteiger partial charge in [-0.3, -0.25) is 4.57 Å². The van der Waals surface area contributed by atoms with E-state index in [0.29, 0.717) is 15.3 Å². The zero-order chi connectivity index (χ0) is 12.4. The summed E-state index contributed by atoms with van der Waals surface area (Å²) >= 11 is 6.90. The molecule has 8 heteroatoms. The maximum Gasteiger partial charge on any atom is 0.344 e. The molecule has 90 valence electrons. The molecule has 0 saturated heterocycles. The molecule has 0 bridgehead atoms. The lowest BCUT2D eigenvalue weighted by molar-refractivity contribution is 0.533. The average Bonchev–Trinajstić information content (AvgIpc) is 2.63. The summed E-state index contributed by atoms with van der Waals surface area (Å²) in [7, 11) is 0. The Morgan fingerprint density at radius 1 is 1.41 bits per heavy atom. The molecule has 6 nitrogen and oxygen atoms in total. The van der Waals surface area contributed by atoms with Gasteiger partial charge in [0, 0.05) is 6.04 Å². The van der Waals surface area contributed by atoms with Gasteiger partial charge in [0.1, 0.15) is 5.03 Å². The van der Waals surface area contributed by atoms with Crippen LogP contribution < -0.4 is 5.69 Å². The van der Waals surface area contributed by atoms with Crippen LogP contribution in [0.25, 0.3) is 0 Å². The van der Waals surface area contributed by atoms with Gasteiger partial charge in [0.15, 0.2) is 10.3 Å². The van der Waals surface area contributed by atoms with Crippen LogP contribution >= 0.6 is 23.4 Å². The van der Waals surface area contributed by atoms with Crippen molar-refractivity contribution >= 4 is 23.4 Å². The van der Waals surface area contributed by atoms with E-state index in [9.17, 15) is 4.79 Å². The molecule has 2 rings (SSSR count). The van der Waals surface area contributed by atoms with E-state index in [1.54, 1.807) is 16.7 Å². The van der Waals surface area contributed by atoms with Crippen molar-refractivity contribution in [3.05, 3.63) is 27.8 Å². The van der Waals surface area contributed by atoms with Crippen molar-refractivity contribution in [2.24, 2.45) is 0 Å². The quantitative estimate of drug-likeness (QED) is 0.920. The molecule has 0 aliphatic carbocycles. The van der Waals surface area contributed by atoms with Gasteiger partial charge in [0.25, 0.3) is 0 Å². The third kappa shape index (κ3) is 2.67. The molecule has 0 fully saturated rings. The van der Waals surface area contributed by atoms with Gasteiger partial charge in [0.05, 0.1) is 0 Å². The maximum atomic E-state index is 11.5. The summed E-state index contributed by atoms with van der Waals surface area (Å²) in [5.41, 5.74) is -0.232. The number of aromatic nitrogens is 5. The number of aromatic amines is 1. The van der Waals surface area contributed by atoms with Crippen LogP contribution in [0.4, 0.5) is 0 Å². The molecule has 2 heterocycles. The normalized spacial score (nSPS) is 11.1. The van der Waals surface area contributed by atoms with Crippen molar-refractivity contribution in [3.8, 4) is 0 Å². The topological polar surface area (TPSA) is 76.5 Å². The summed E-state index contributed by atoms with van der Waals surface area (Å²) < 4.78 is 1.56. The fourth-order valence-electron chi connectivity index (χ4n) is 1.27. The van der Waals surface area contributed by atoms with Crippen LogP contribution in [0.2, 0.25) is 5.15 Å². The highest BCUT2D eigenvalue weighted by Crippen LogP contribution is 2.24. The van der Waals surface area contributed by atoms with Crippen LogP contribution in [-0.2, 0) is 0 Å². The molecule has 17 heavy (non-hydrogen) atoms. The molecule has 0 radical (unpaired) electrons. The predicted molar refractivity (Wildman–Crippen MR) is 64.4 cm³/mol. The smallest absolute Gasteiger partial charge is 0.267 e. The first kappa shape index (κ1) is 12.1. The highest BCUT2D eigenvalue weighted by Gasteiger charge is 2.13. The molecular weight excluding hydrogens is 262 g/mol. The van der Waals surface area contributed by atoms with Gasteiger partial charge >= 0.3 is 5.69 Å². The van der Waals surface area contributed by atoms with Gasteiger partial charge in [0.2, 0.25) is 0 Å². The van der Waals surface area contributed by atoms with Crippen molar-refractivity contribution < 1.29 is 0 Å². The number of hydrogen-bond donors (Lipinski definition) is 1. The van der Waals surface area contributed by atoms with Crippen molar-refractivity contribution in [2.45, 2.75) is 30.1 Å². The maximum absolute atomic E-state index is 11.5. The van der Waals surface area contributed by atoms with E-state index in [-0.39, 0.29) is 11.7 Å². The largest absolute Gasteiger partial charge is 0.344 e. The first-order chi connectivity index (χ1) is 8.08. The van der Waals surface area contributed by atoms with Crippen LogP contribution in [0.3, 0.4) is 0 Å². The molecule has 0 aromatic carbocycles. The number of H-pyrrole nitrogens is 1. The molecule has 0 unspecified atom stereocenters. The van der Waals surface area contributed by atoms with E-state index in [2.05, 4.69) is 20.4 Å². The summed E-state index contributed by atoms with van der Waals surface area (Å²) in [5.74, 6) is 0. The molecular formula is C9H10ClN5OS. The van der Waals surface area contributed by atoms with Crippen molar-refractivity contribution in [2.75, 3.05) is 0 Å². The zero-order valence-electron chi connectivity index (χ0n) is 9.22. The second-order valence-corrected chi connectivity index (χ2v) is 4.95. The molecule has 0 amide bonds. The van der Waals surface area contributed by atoms with Crippen LogP contribution in [0.15, 0.2) is 27.1 Å². The van der Waals surface area contributed by atoms with E-state index in [0.717, 1.165) is 0 Å². The number of nitrogens with zero attached hydrogens (tertiary/aromatic N) is 4. The molecule has 2 aromatic rings. The van der Waals surface area contributed by atoms with Crippen molar-refractivity contribution in [1.29, 1.82) is 0 Å². The first-order valence-corrected chi connectivity index (χ1v) is 6.11. The first-order valence-electron chi connectivity index (χ1n) is 4.92. The van der Waals surface area contributed by atoms with Crippen molar-refractivity contribution in [3.63, 3.8) is 0 Å². The lowest BCUT2D eigenvalue weighted by Gasteiger charge is -2.07. The second-order valence-electron chi connectivity index (χ2n) is 3.57. The molecule has 2 aromatic heterocycles. The Kier molecular flexibility index (Phi) is 3.49. The summed E-state index contributed by atoms with van der Waals surface area (Å²) in [4.78, 5) is 11.5. The third-order valence-electron chi connectivity index (χ3n) is 1.99. The van der Waals surface area contributed by atoms with Crippen LogP contribution in [0, 0.1) is 0 Å². The summed E-state index contributed by atoms with van der Waals surface area (Å²) in [6.45, 7) is 3.82. The van der Waals surface area contributed by atoms with Crippen LogP contribution in [0.1, 0.15) is 19.9 Å². The Bertz CT molecular complexity index is 562. The van der Waals surface area contributed by atoms with Gasteiger partial charge in [-0.2, -0.15) is 0 Å². The summed E-state index contributed by atoms with van der Waals surface area (Å²) in [6.07, 6.45) is 0. The summed E-state index contributed by atoms with van der Waals surface area (Å²) in [6, 6.07) is 3.40. The monoisotopic (exact) mass is 271 g/mol. The second kappa shape index (κ2) is 4.89. The van der Waals surface area contributed by atoms with E-state index in [1.165, 1.54) is 11.8 Å². The highest BCUT2D eigenvalue weighted by atomic mass is 35.5. The lowest BCUT2D eigenvalue weighted by atomic mass is 10.4. The Morgan fingerprint density at radius 2 is 2.18 bits per heavy atom. The minimum Gasteiger partial charge on any atom is -0.267 e. The Labute approximate surface area is 106 Å². The van der Waals surface area contributed by atoms with E-state index in [4.69, 9.17) is 11.6 Å². The molecule has 1 N–H and O–H groups in total. The Morgan fingerprint density at radius 3 is 2.76 bits per heavy atom. The molecule has 0 spiro atoms. The van der Waals surface area contributed by atoms with Crippen LogP contribution in [0.5, 0.6) is 0 Å². The molecule has 0 aliphatic rings. The minimum atomic E-state index is -0.232. The van der Waals surface area contributed by atoms with Gasteiger partial charge in [-0.05, 0) is 37.7 Å². The Hall–Kier alpha value is -1.34. The Balaban J connectivity index is 2.30. The molecule has 0 saturated carbocycles. The van der Waals surface area contributed by atoms with Gasteiger partial charge < -0.3 is 0 Å². The standard InChI is InChI=1S/C9H10ClN5OS/c1-5(2)15-8(16)13-14-9(15)17-7-4-3-6(10)11-12-7/h3-5H,1-2H3,(H,13,16). The SMILES string of the molecule is CC(C)n1c(Sc2ccc(Cl)nn2)n[nH]c1=O. The highest BCUT2D eigenvalue weighted by molar-refractivity contribution is 7.99. The van der Waals surface area contributed by atoms with E-state index >= 15 is 0 Å². The average molecular weight is 272 g/mol. The van der Waals surface area contributed by atoms with Gasteiger partial charge in [-0.15, -0.1) is 15.3 Å². The van der Waals surface area contributed by atoms with Crippen LogP contribution in [-0.4, -0.2) is 25.0 Å². The zero-order valence-corrected chi connectivity index (χ0v) is 10.8.